The van der Waals surface area contributed by atoms with Crippen LogP contribution in [0.5, 0.6) is 0 Å². The molecule has 0 saturated heterocycles. The van der Waals surface area contributed by atoms with E-state index in [-0.39, 0.29) is 18.1 Å². The van der Waals surface area contributed by atoms with Gasteiger partial charge in [0.25, 0.3) is 0 Å². The summed E-state index contributed by atoms with van der Waals surface area (Å²) < 4.78 is 23.4. The minimum atomic E-state index is -0.361. The van der Waals surface area contributed by atoms with E-state index in [9.17, 15) is 9.18 Å². The summed E-state index contributed by atoms with van der Waals surface area (Å²) in [5.74, 6) is 0.234. The Balaban J connectivity index is 1.75. The third kappa shape index (κ3) is 5.78. The fourth-order valence-corrected chi connectivity index (χ4v) is 1.96. The third-order valence-corrected chi connectivity index (χ3v) is 3.11. The molecule has 124 valence electrons. The van der Waals surface area contributed by atoms with Gasteiger partial charge in [0.15, 0.2) is 0 Å². The van der Waals surface area contributed by atoms with Gasteiger partial charge in [0, 0.05) is 38.2 Å². The highest BCUT2D eigenvalue weighted by Crippen LogP contribution is 2.17. The molecule has 0 aliphatic carbocycles. The van der Waals surface area contributed by atoms with Gasteiger partial charge in [-0.05, 0) is 25.5 Å². The lowest BCUT2D eigenvalue weighted by Crippen LogP contribution is -2.25. The van der Waals surface area contributed by atoms with Crippen molar-refractivity contribution < 1.29 is 18.4 Å². The highest BCUT2D eigenvalue weighted by molar-refractivity contribution is 5.75. The van der Waals surface area contributed by atoms with E-state index in [4.69, 9.17) is 9.26 Å². The number of hydrogen-bond donors (Lipinski definition) is 1. The molecule has 1 aromatic carbocycles. The molecule has 0 bridgehead atoms. The van der Waals surface area contributed by atoms with Crippen molar-refractivity contribution in [3.8, 4) is 11.4 Å². The zero-order valence-corrected chi connectivity index (χ0v) is 13.0. The van der Waals surface area contributed by atoms with Gasteiger partial charge >= 0.3 is 0 Å². The van der Waals surface area contributed by atoms with Gasteiger partial charge in [-0.15, -0.1) is 0 Å². The molecule has 0 aliphatic rings. The number of aromatic nitrogens is 2. The van der Waals surface area contributed by atoms with E-state index in [2.05, 4.69) is 15.5 Å². The van der Waals surface area contributed by atoms with Crippen LogP contribution in [0.25, 0.3) is 11.4 Å². The topological polar surface area (TPSA) is 77.2 Å². The van der Waals surface area contributed by atoms with Crippen molar-refractivity contribution in [3.05, 3.63) is 36.0 Å². The van der Waals surface area contributed by atoms with Crippen LogP contribution in [0.1, 0.15) is 25.7 Å². The second-order valence-electron chi connectivity index (χ2n) is 4.92. The Labute approximate surface area is 134 Å². The lowest BCUT2D eigenvalue weighted by atomic mass is 10.2. The lowest BCUT2D eigenvalue weighted by molar-refractivity contribution is -0.121. The van der Waals surface area contributed by atoms with Crippen molar-refractivity contribution in [2.45, 2.75) is 26.2 Å². The van der Waals surface area contributed by atoms with Crippen LogP contribution in [0.2, 0.25) is 0 Å². The predicted molar refractivity (Wildman–Crippen MR) is 82.1 cm³/mol. The van der Waals surface area contributed by atoms with Crippen molar-refractivity contribution in [2.24, 2.45) is 0 Å². The van der Waals surface area contributed by atoms with Gasteiger partial charge in [-0.1, -0.05) is 17.3 Å². The molecule has 6 nitrogen and oxygen atoms in total. The zero-order valence-electron chi connectivity index (χ0n) is 13.0. The van der Waals surface area contributed by atoms with E-state index in [1.807, 2.05) is 6.92 Å². The minimum absolute atomic E-state index is 0.0768. The summed E-state index contributed by atoms with van der Waals surface area (Å²) in [4.78, 5) is 15.8. The van der Waals surface area contributed by atoms with Crippen LogP contribution in [0.15, 0.2) is 28.8 Å². The SMILES string of the molecule is CCOCCCNC(=O)CCc1nc(-c2cccc(F)c2)no1. The first-order valence-corrected chi connectivity index (χ1v) is 7.62. The smallest absolute Gasteiger partial charge is 0.227 e. The minimum Gasteiger partial charge on any atom is -0.382 e. The van der Waals surface area contributed by atoms with Crippen LogP contribution < -0.4 is 5.32 Å². The molecule has 0 saturated carbocycles. The monoisotopic (exact) mass is 321 g/mol. The average molecular weight is 321 g/mol. The van der Waals surface area contributed by atoms with Crippen LogP contribution in [-0.4, -0.2) is 35.8 Å². The molecule has 0 spiro atoms. The average Bonchev–Trinajstić information content (AvgIpc) is 3.02. The van der Waals surface area contributed by atoms with Gasteiger partial charge in [-0.25, -0.2) is 4.39 Å². The van der Waals surface area contributed by atoms with Crippen LogP contribution in [0, 0.1) is 5.82 Å². The summed E-state index contributed by atoms with van der Waals surface area (Å²) in [6.45, 7) is 3.83. The van der Waals surface area contributed by atoms with E-state index in [1.165, 1.54) is 12.1 Å². The zero-order chi connectivity index (χ0) is 16.5. The van der Waals surface area contributed by atoms with Crippen molar-refractivity contribution in [1.82, 2.24) is 15.5 Å². The van der Waals surface area contributed by atoms with E-state index in [1.54, 1.807) is 12.1 Å². The van der Waals surface area contributed by atoms with Crippen molar-refractivity contribution in [2.75, 3.05) is 19.8 Å². The molecule has 0 radical (unpaired) electrons. The van der Waals surface area contributed by atoms with Gasteiger partial charge in [0.05, 0.1) is 0 Å². The largest absolute Gasteiger partial charge is 0.382 e. The first-order valence-electron chi connectivity index (χ1n) is 7.62. The molecule has 1 N–H and O–H groups in total. The number of ether oxygens (including phenoxy) is 1. The highest BCUT2D eigenvalue weighted by atomic mass is 19.1. The Morgan fingerprint density at radius 1 is 1.43 bits per heavy atom. The van der Waals surface area contributed by atoms with Crippen molar-refractivity contribution in [1.29, 1.82) is 0 Å². The van der Waals surface area contributed by atoms with E-state index < -0.39 is 0 Å². The maximum Gasteiger partial charge on any atom is 0.227 e. The molecule has 1 amide bonds. The summed E-state index contributed by atoms with van der Waals surface area (Å²) in [5.41, 5.74) is 0.542. The maximum atomic E-state index is 13.2. The molecule has 7 heteroatoms. The second kappa shape index (κ2) is 8.99. The summed E-state index contributed by atoms with van der Waals surface area (Å²) in [7, 11) is 0. The van der Waals surface area contributed by atoms with Crippen molar-refractivity contribution >= 4 is 5.91 Å². The Morgan fingerprint density at radius 2 is 2.30 bits per heavy atom. The molecule has 0 fully saturated rings. The summed E-state index contributed by atoms with van der Waals surface area (Å²) in [6, 6.07) is 5.96. The number of carbonyl (C=O) groups is 1. The second-order valence-corrected chi connectivity index (χ2v) is 4.92. The Morgan fingerprint density at radius 3 is 3.09 bits per heavy atom. The van der Waals surface area contributed by atoms with Crippen LogP contribution in [-0.2, 0) is 16.0 Å². The number of halogens is 1. The Hall–Kier alpha value is -2.28. The molecule has 1 heterocycles. The van der Waals surface area contributed by atoms with Gasteiger partial charge in [-0.2, -0.15) is 4.98 Å². The Bertz CT molecular complexity index is 631. The predicted octanol–water partition coefficient (Wildman–Crippen LogP) is 2.35. The number of aryl methyl sites for hydroxylation is 1. The van der Waals surface area contributed by atoms with Gasteiger partial charge < -0.3 is 14.6 Å². The van der Waals surface area contributed by atoms with Gasteiger partial charge in [0.1, 0.15) is 5.82 Å². The van der Waals surface area contributed by atoms with Gasteiger partial charge in [-0.3, -0.25) is 4.79 Å². The molecular formula is C16H20FN3O3. The molecule has 23 heavy (non-hydrogen) atoms. The number of carbonyl (C=O) groups excluding carboxylic acids is 1. The Kier molecular flexibility index (Phi) is 6.68. The molecule has 1 aromatic heterocycles. The molecule has 2 rings (SSSR count). The maximum absolute atomic E-state index is 13.2. The quantitative estimate of drug-likeness (QED) is 0.717. The third-order valence-electron chi connectivity index (χ3n) is 3.11. The lowest BCUT2D eigenvalue weighted by Gasteiger charge is -2.04. The number of rotatable bonds is 9. The first kappa shape index (κ1) is 17.1. The molecule has 2 aromatic rings. The number of amides is 1. The molecule has 0 aliphatic heterocycles. The van der Waals surface area contributed by atoms with Crippen LogP contribution in [0.4, 0.5) is 4.39 Å². The van der Waals surface area contributed by atoms with Crippen LogP contribution in [0.3, 0.4) is 0 Å². The van der Waals surface area contributed by atoms with Crippen molar-refractivity contribution in [3.63, 3.8) is 0 Å². The van der Waals surface area contributed by atoms with Crippen LogP contribution >= 0.6 is 0 Å². The first-order chi connectivity index (χ1) is 11.2. The fourth-order valence-electron chi connectivity index (χ4n) is 1.96. The van der Waals surface area contributed by atoms with E-state index in [0.29, 0.717) is 43.5 Å². The fraction of sp³-hybridized carbons (Fsp3) is 0.438. The molecular weight excluding hydrogens is 301 g/mol. The number of benzene rings is 1. The summed E-state index contributed by atoms with van der Waals surface area (Å²) in [6.07, 6.45) is 1.39. The summed E-state index contributed by atoms with van der Waals surface area (Å²) >= 11 is 0. The molecule has 0 unspecified atom stereocenters. The van der Waals surface area contributed by atoms with E-state index in [0.717, 1.165) is 6.42 Å². The highest BCUT2D eigenvalue weighted by Gasteiger charge is 2.11. The normalized spacial score (nSPS) is 10.7. The number of nitrogens with one attached hydrogen (secondary N) is 1. The standard InChI is InChI=1S/C16H20FN3O3/c1-2-22-10-4-9-18-14(21)7-8-15-19-16(20-23-15)12-5-3-6-13(17)11-12/h3,5-6,11H,2,4,7-10H2,1H3,(H,18,21). The van der Waals surface area contributed by atoms with Gasteiger partial charge in [0.2, 0.25) is 17.6 Å². The number of nitrogens with zero attached hydrogens (tertiary/aromatic N) is 2. The summed E-state index contributed by atoms with van der Waals surface area (Å²) in [5, 5.41) is 6.60. The van der Waals surface area contributed by atoms with E-state index >= 15 is 0 Å². The molecule has 0 atom stereocenters. The number of hydrogen-bond acceptors (Lipinski definition) is 5.